The van der Waals surface area contributed by atoms with Crippen molar-refractivity contribution < 1.29 is 4.79 Å². The summed E-state index contributed by atoms with van der Waals surface area (Å²) >= 11 is 0. The zero-order valence-electron chi connectivity index (χ0n) is 11.7. The Morgan fingerprint density at radius 3 is 2.84 bits per heavy atom. The van der Waals surface area contributed by atoms with Crippen molar-refractivity contribution >= 4 is 11.6 Å². The van der Waals surface area contributed by atoms with Gasteiger partial charge >= 0.3 is 0 Å². The van der Waals surface area contributed by atoms with E-state index < -0.39 is 0 Å². The minimum absolute atomic E-state index is 0.0680. The zero-order chi connectivity index (χ0) is 14.0. The van der Waals surface area contributed by atoms with Crippen molar-refractivity contribution in [2.45, 2.75) is 33.1 Å². The molecule has 1 aromatic heterocycles. The van der Waals surface area contributed by atoms with Crippen molar-refractivity contribution in [3.05, 3.63) is 17.7 Å². The maximum Gasteiger partial charge on any atom is 0.274 e. The van der Waals surface area contributed by atoms with Crippen LogP contribution in [0.4, 0.5) is 5.69 Å². The van der Waals surface area contributed by atoms with Gasteiger partial charge in [-0.1, -0.05) is 20.8 Å². The first-order chi connectivity index (χ1) is 9.02. The van der Waals surface area contributed by atoms with Crippen LogP contribution in [0.15, 0.2) is 6.20 Å². The second-order valence-corrected chi connectivity index (χ2v) is 5.43. The molecular weight excluding hydrogens is 242 g/mol. The van der Waals surface area contributed by atoms with Crippen molar-refractivity contribution in [3.8, 4) is 0 Å². The largest absolute Gasteiger partial charge is 0.337 e. The molecule has 1 atom stereocenters. The smallest absolute Gasteiger partial charge is 0.274 e. The average Bonchev–Trinajstić information content (AvgIpc) is 2.83. The van der Waals surface area contributed by atoms with Gasteiger partial charge in [0, 0.05) is 19.0 Å². The van der Waals surface area contributed by atoms with Crippen LogP contribution in [-0.4, -0.2) is 33.9 Å². The normalized spacial score (nSPS) is 19.0. The van der Waals surface area contributed by atoms with E-state index >= 15 is 0 Å². The molecule has 2 heterocycles. The molecule has 1 aliphatic heterocycles. The Morgan fingerprint density at radius 2 is 2.32 bits per heavy atom. The van der Waals surface area contributed by atoms with Gasteiger partial charge in [-0.15, -0.1) is 0 Å². The number of hydrogen-bond acceptors (Lipinski definition) is 5. The van der Waals surface area contributed by atoms with E-state index in [9.17, 15) is 4.79 Å². The number of amides is 1. The molecule has 1 saturated heterocycles. The summed E-state index contributed by atoms with van der Waals surface area (Å²) in [7, 11) is 0. The first kappa shape index (κ1) is 13.7. The Kier molecular flexibility index (Phi) is 3.99. The molecule has 6 nitrogen and oxygen atoms in total. The molecule has 104 valence electrons. The number of rotatable bonds is 3. The second kappa shape index (κ2) is 5.52. The summed E-state index contributed by atoms with van der Waals surface area (Å²) in [6.45, 7) is 7.71. The number of carbonyl (C=O) groups excluding carboxylic acids is 1. The van der Waals surface area contributed by atoms with Gasteiger partial charge in [0.15, 0.2) is 5.69 Å². The van der Waals surface area contributed by atoms with E-state index in [2.05, 4.69) is 22.3 Å². The van der Waals surface area contributed by atoms with Crippen molar-refractivity contribution in [1.82, 2.24) is 14.9 Å². The van der Waals surface area contributed by atoms with E-state index in [1.165, 1.54) is 0 Å². The van der Waals surface area contributed by atoms with Crippen LogP contribution >= 0.6 is 0 Å². The summed E-state index contributed by atoms with van der Waals surface area (Å²) in [5.74, 6) is 6.76. The number of carbonyl (C=O) groups is 1. The molecule has 0 spiro atoms. The topological polar surface area (TPSA) is 84.1 Å². The lowest BCUT2D eigenvalue weighted by Crippen LogP contribution is -2.31. The van der Waals surface area contributed by atoms with E-state index in [-0.39, 0.29) is 11.8 Å². The van der Waals surface area contributed by atoms with E-state index in [1.807, 2.05) is 18.7 Å². The fraction of sp³-hybridized carbons (Fsp3) is 0.615. The molecule has 0 saturated carbocycles. The lowest BCUT2D eigenvalue weighted by molar-refractivity contribution is 0.0782. The van der Waals surface area contributed by atoms with Crippen LogP contribution in [0.5, 0.6) is 0 Å². The summed E-state index contributed by atoms with van der Waals surface area (Å²) in [6.07, 6.45) is 2.62. The van der Waals surface area contributed by atoms with Gasteiger partial charge in [-0.3, -0.25) is 10.6 Å². The monoisotopic (exact) mass is 263 g/mol. The highest BCUT2D eigenvalue weighted by molar-refractivity contribution is 5.97. The molecule has 1 fully saturated rings. The van der Waals surface area contributed by atoms with Crippen molar-refractivity contribution in [2.24, 2.45) is 11.8 Å². The Balaban J connectivity index is 2.31. The minimum Gasteiger partial charge on any atom is -0.337 e. The number of nitrogen functional groups attached to an aromatic ring is 1. The van der Waals surface area contributed by atoms with Crippen LogP contribution in [0.1, 0.15) is 49.4 Å². The quantitative estimate of drug-likeness (QED) is 0.635. The highest BCUT2D eigenvalue weighted by atomic mass is 16.2. The minimum atomic E-state index is -0.0680. The number of hydrogen-bond donors (Lipinski definition) is 2. The number of aromatic nitrogens is 2. The number of nitrogens with zero attached hydrogens (tertiary/aromatic N) is 3. The third-order valence-corrected chi connectivity index (χ3v) is 3.39. The Labute approximate surface area is 113 Å². The van der Waals surface area contributed by atoms with Crippen LogP contribution in [-0.2, 0) is 0 Å². The van der Waals surface area contributed by atoms with Gasteiger partial charge in [-0.25, -0.2) is 9.97 Å². The number of likely N-dealkylation sites (tertiary alicyclic amines) is 1. The SMILES string of the molecule is CC1CCN(C(=O)c2nc(C(C)C)ncc2NN)C1. The Bertz CT molecular complexity index is 474. The number of anilines is 1. The van der Waals surface area contributed by atoms with E-state index in [4.69, 9.17) is 5.84 Å². The maximum absolute atomic E-state index is 12.5. The van der Waals surface area contributed by atoms with Crippen molar-refractivity contribution in [3.63, 3.8) is 0 Å². The molecule has 3 N–H and O–H groups in total. The second-order valence-electron chi connectivity index (χ2n) is 5.43. The first-order valence-electron chi connectivity index (χ1n) is 6.65. The molecule has 0 bridgehead atoms. The summed E-state index contributed by atoms with van der Waals surface area (Å²) < 4.78 is 0. The summed E-state index contributed by atoms with van der Waals surface area (Å²) in [5, 5.41) is 0. The van der Waals surface area contributed by atoms with Crippen LogP contribution < -0.4 is 11.3 Å². The van der Waals surface area contributed by atoms with E-state index in [0.717, 1.165) is 19.5 Å². The number of nitrogens with two attached hydrogens (primary N) is 1. The van der Waals surface area contributed by atoms with Gasteiger partial charge in [-0.2, -0.15) is 0 Å². The predicted octanol–water partition coefficient (Wildman–Crippen LogP) is 1.37. The molecule has 2 rings (SSSR count). The fourth-order valence-electron chi connectivity index (χ4n) is 2.21. The fourth-order valence-corrected chi connectivity index (χ4v) is 2.21. The molecule has 0 radical (unpaired) electrons. The molecule has 19 heavy (non-hydrogen) atoms. The highest BCUT2D eigenvalue weighted by Gasteiger charge is 2.27. The van der Waals surface area contributed by atoms with Gasteiger partial charge in [-0.05, 0) is 12.3 Å². The molecule has 1 amide bonds. The summed E-state index contributed by atoms with van der Waals surface area (Å²) in [5.41, 5.74) is 3.36. The summed E-state index contributed by atoms with van der Waals surface area (Å²) in [4.78, 5) is 22.9. The van der Waals surface area contributed by atoms with Crippen LogP contribution in [0, 0.1) is 5.92 Å². The third kappa shape index (κ3) is 2.84. The standard InChI is InChI=1S/C13H21N5O/c1-8(2)12-15-6-10(17-14)11(16-12)13(19)18-5-4-9(3)7-18/h6,8-9,17H,4-5,7,14H2,1-3H3. The Morgan fingerprint density at radius 1 is 1.58 bits per heavy atom. The molecule has 1 aliphatic rings. The number of nitrogens with one attached hydrogen (secondary N) is 1. The lowest BCUT2D eigenvalue weighted by Gasteiger charge is -2.18. The molecular formula is C13H21N5O. The van der Waals surface area contributed by atoms with Gasteiger partial charge in [0.2, 0.25) is 0 Å². The molecule has 1 unspecified atom stereocenters. The van der Waals surface area contributed by atoms with Crippen LogP contribution in [0.3, 0.4) is 0 Å². The molecule has 1 aromatic rings. The highest BCUT2D eigenvalue weighted by Crippen LogP contribution is 2.21. The van der Waals surface area contributed by atoms with E-state index in [0.29, 0.717) is 23.1 Å². The maximum atomic E-state index is 12.5. The molecule has 0 aliphatic carbocycles. The predicted molar refractivity (Wildman–Crippen MR) is 73.6 cm³/mol. The zero-order valence-corrected chi connectivity index (χ0v) is 11.7. The number of hydrazine groups is 1. The van der Waals surface area contributed by atoms with Crippen LogP contribution in [0.25, 0.3) is 0 Å². The van der Waals surface area contributed by atoms with Crippen LogP contribution in [0.2, 0.25) is 0 Å². The van der Waals surface area contributed by atoms with Gasteiger partial charge in [0.1, 0.15) is 5.82 Å². The first-order valence-corrected chi connectivity index (χ1v) is 6.65. The van der Waals surface area contributed by atoms with Gasteiger partial charge in [0.05, 0.1) is 11.9 Å². The van der Waals surface area contributed by atoms with Crippen molar-refractivity contribution in [2.75, 3.05) is 18.5 Å². The molecule has 0 aromatic carbocycles. The van der Waals surface area contributed by atoms with Crippen molar-refractivity contribution in [1.29, 1.82) is 0 Å². The summed E-state index contributed by atoms with van der Waals surface area (Å²) in [6, 6.07) is 0. The third-order valence-electron chi connectivity index (χ3n) is 3.39. The van der Waals surface area contributed by atoms with E-state index in [1.54, 1.807) is 6.20 Å². The van der Waals surface area contributed by atoms with Gasteiger partial charge < -0.3 is 10.3 Å². The average molecular weight is 263 g/mol. The Hall–Kier alpha value is -1.69. The lowest BCUT2D eigenvalue weighted by atomic mass is 10.2. The van der Waals surface area contributed by atoms with Gasteiger partial charge in [0.25, 0.3) is 5.91 Å². The molecule has 6 heteroatoms.